The maximum atomic E-state index is 13.2. The lowest BCUT2D eigenvalue weighted by Crippen LogP contribution is -2.32. The zero-order chi connectivity index (χ0) is 15.0. The molecular weight excluding hydrogens is 293 g/mol. The van der Waals surface area contributed by atoms with Crippen molar-refractivity contribution in [3.8, 4) is 0 Å². The molecule has 0 unspecified atom stereocenters. The second-order valence-electron chi connectivity index (χ2n) is 4.95. The number of pyridine rings is 1. The molecule has 7 heteroatoms. The van der Waals surface area contributed by atoms with Gasteiger partial charge in [-0.25, -0.2) is 22.9 Å². The molecule has 1 aliphatic heterocycles. The number of anilines is 1. The summed E-state index contributed by atoms with van der Waals surface area (Å²) in [6.45, 7) is 1.05. The molecule has 21 heavy (non-hydrogen) atoms. The standard InChI is InChI=1S/C14H14FN3O2S/c15-12-4-3-11-9-18(7-5-10(11)8-12)14-13(21(16,19)20)2-1-6-17-14/h1-4,6,8H,5,7,9H2,(H2,16,19,20). The molecule has 110 valence electrons. The van der Waals surface area contributed by atoms with Gasteiger partial charge in [-0.15, -0.1) is 0 Å². The van der Waals surface area contributed by atoms with E-state index in [1.165, 1.54) is 30.5 Å². The fourth-order valence-corrected chi connectivity index (χ4v) is 3.25. The molecule has 2 aromatic rings. The van der Waals surface area contributed by atoms with Crippen molar-refractivity contribution in [2.75, 3.05) is 11.4 Å². The molecule has 0 saturated carbocycles. The number of fused-ring (bicyclic) bond motifs is 1. The van der Waals surface area contributed by atoms with Crippen LogP contribution in [-0.2, 0) is 23.0 Å². The van der Waals surface area contributed by atoms with E-state index in [4.69, 9.17) is 5.14 Å². The Balaban J connectivity index is 1.99. The van der Waals surface area contributed by atoms with E-state index >= 15 is 0 Å². The van der Waals surface area contributed by atoms with Gasteiger partial charge in [0.1, 0.15) is 16.5 Å². The summed E-state index contributed by atoms with van der Waals surface area (Å²) in [5.74, 6) is 0.0836. The van der Waals surface area contributed by atoms with Crippen LogP contribution in [0.15, 0.2) is 41.4 Å². The van der Waals surface area contributed by atoms with E-state index in [2.05, 4.69) is 4.98 Å². The Hall–Kier alpha value is -1.99. The van der Waals surface area contributed by atoms with E-state index in [0.29, 0.717) is 25.3 Å². The predicted octanol–water partition coefficient (Wildman–Crippen LogP) is 1.43. The Kier molecular flexibility index (Phi) is 3.38. The number of primary sulfonamides is 1. The van der Waals surface area contributed by atoms with Crippen LogP contribution in [0.3, 0.4) is 0 Å². The van der Waals surface area contributed by atoms with Crippen molar-refractivity contribution in [2.24, 2.45) is 5.14 Å². The molecule has 1 aromatic heterocycles. The van der Waals surface area contributed by atoms with Gasteiger partial charge < -0.3 is 4.90 Å². The molecule has 2 N–H and O–H groups in total. The van der Waals surface area contributed by atoms with Crippen molar-refractivity contribution in [3.63, 3.8) is 0 Å². The highest BCUT2D eigenvalue weighted by Gasteiger charge is 2.23. The van der Waals surface area contributed by atoms with Gasteiger partial charge in [0.2, 0.25) is 10.0 Å². The molecule has 0 radical (unpaired) electrons. The number of rotatable bonds is 2. The van der Waals surface area contributed by atoms with Crippen LogP contribution in [0.4, 0.5) is 10.2 Å². The van der Waals surface area contributed by atoms with Crippen LogP contribution < -0.4 is 10.0 Å². The van der Waals surface area contributed by atoms with Crippen LogP contribution in [0.2, 0.25) is 0 Å². The zero-order valence-electron chi connectivity index (χ0n) is 11.2. The molecule has 0 atom stereocenters. The summed E-state index contributed by atoms with van der Waals surface area (Å²) in [7, 11) is -3.83. The average Bonchev–Trinajstić information content (AvgIpc) is 2.46. The molecule has 2 heterocycles. The SMILES string of the molecule is NS(=O)(=O)c1cccnc1N1CCc2cc(F)ccc2C1. The van der Waals surface area contributed by atoms with E-state index in [1.807, 2.05) is 4.90 Å². The first-order valence-electron chi connectivity index (χ1n) is 6.45. The van der Waals surface area contributed by atoms with Crippen LogP contribution in [0, 0.1) is 5.82 Å². The first-order chi connectivity index (χ1) is 9.95. The third kappa shape index (κ3) is 2.74. The van der Waals surface area contributed by atoms with E-state index in [0.717, 1.165) is 11.1 Å². The van der Waals surface area contributed by atoms with Crippen LogP contribution in [-0.4, -0.2) is 19.9 Å². The van der Waals surface area contributed by atoms with E-state index in [-0.39, 0.29) is 10.7 Å². The fourth-order valence-electron chi connectivity index (χ4n) is 2.54. The molecule has 0 saturated heterocycles. The predicted molar refractivity (Wildman–Crippen MR) is 76.8 cm³/mol. The lowest BCUT2D eigenvalue weighted by Gasteiger charge is -2.30. The molecule has 0 amide bonds. The van der Waals surface area contributed by atoms with Gasteiger partial charge in [0, 0.05) is 19.3 Å². The largest absolute Gasteiger partial charge is 0.351 e. The Morgan fingerprint density at radius 2 is 2.05 bits per heavy atom. The lowest BCUT2D eigenvalue weighted by molar-refractivity contribution is 0.595. The maximum absolute atomic E-state index is 13.2. The molecule has 0 bridgehead atoms. The van der Waals surface area contributed by atoms with Gasteiger partial charge in [-0.05, 0) is 41.8 Å². The number of nitrogens with zero attached hydrogens (tertiary/aromatic N) is 2. The Labute approximate surface area is 122 Å². The first-order valence-corrected chi connectivity index (χ1v) is 8.00. The third-order valence-electron chi connectivity index (χ3n) is 3.54. The Morgan fingerprint density at radius 3 is 2.81 bits per heavy atom. The van der Waals surface area contributed by atoms with Gasteiger partial charge >= 0.3 is 0 Å². The second-order valence-corrected chi connectivity index (χ2v) is 6.48. The Morgan fingerprint density at radius 1 is 1.24 bits per heavy atom. The zero-order valence-corrected chi connectivity index (χ0v) is 12.0. The number of sulfonamides is 1. The van der Waals surface area contributed by atoms with Crippen molar-refractivity contribution in [1.82, 2.24) is 4.98 Å². The van der Waals surface area contributed by atoms with E-state index in [1.54, 1.807) is 6.07 Å². The summed E-state index contributed by atoms with van der Waals surface area (Å²) in [6.07, 6.45) is 2.16. The van der Waals surface area contributed by atoms with Crippen LogP contribution >= 0.6 is 0 Å². The maximum Gasteiger partial charge on any atom is 0.241 e. The molecule has 1 aliphatic rings. The minimum Gasteiger partial charge on any atom is -0.351 e. The van der Waals surface area contributed by atoms with Gasteiger partial charge in [0.05, 0.1) is 0 Å². The van der Waals surface area contributed by atoms with Crippen molar-refractivity contribution in [1.29, 1.82) is 0 Å². The average molecular weight is 307 g/mol. The van der Waals surface area contributed by atoms with Crippen molar-refractivity contribution >= 4 is 15.8 Å². The summed E-state index contributed by atoms with van der Waals surface area (Å²) >= 11 is 0. The number of halogens is 1. The summed E-state index contributed by atoms with van der Waals surface area (Å²) < 4.78 is 36.5. The summed E-state index contributed by atoms with van der Waals surface area (Å²) in [5, 5.41) is 5.23. The quantitative estimate of drug-likeness (QED) is 0.910. The normalized spacial score (nSPS) is 14.9. The van der Waals surface area contributed by atoms with Crippen LogP contribution in [0.1, 0.15) is 11.1 Å². The molecule has 0 aliphatic carbocycles. The molecule has 3 rings (SSSR count). The number of aromatic nitrogens is 1. The second kappa shape index (κ2) is 5.09. The molecule has 5 nitrogen and oxygen atoms in total. The lowest BCUT2D eigenvalue weighted by atomic mass is 10.00. The number of benzene rings is 1. The molecule has 1 aromatic carbocycles. The fraction of sp³-hybridized carbons (Fsp3) is 0.214. The van der Waals surface area contributed by atoms with Gasteiger partial charge in [0.25, 0.3) is 0 Å². The summed E-state index contributed by atoms with van der Waals surface area (Å²) in [6, 6.07) is 7.62. The van der Waals surface area contributed by atoms with Crippen LogP contribution in [0.25, 0.3) is 0 Å². The third-order valence-corrected chi connectivity index (χ3v) is 4.47. The van der Waals surface area contributed by atoms with Crippen molar-refractivity contribution in [3.05, 3.63) is 53.5 Å². The summed E-state index contributed by atoms with van der Waals surface area (Å²) in [4.78, 5) is 6.01. The van der Waals surface area contributed by atoms with Crippen molar-refractivity contribution in [2.45, 2.75) is 17.9 Å². The highest BCUT2D eigenvalue weighted by atomic mass is 32.2. The summed E-state index contributed by atoms with van der Waals surface area (Å²) in [5.41, 5.74) is 1.91. The van der Waals surface area contributed by atoms with Crippen LogP contribution in [0.5, 0.6) is 0 Å². The molecule has 0 spiro atoms. The Bertz CT molecular complexity index is 793. The number of hydrogen-bond donors (Lipinski definition) is 1. The van der Waals surface area contributed by atoms with E-state index in [9.17, 15) is 12.8 Å². The number of hydrogen-bond acceptors (Lipinski definition) is 4. The topological polar surface area (TPSA) is 76.3 Å². The molecular formula is C14H14FN3O2S. The van der Waals surface area contributed by atoms with Gasteiger partial charge in [0.15, 0.2) is 0 Å². The van der Waals surface area contributed by atoms with Gasteiger partial charge in [-0.3, -0.25) is 0 Å². The minimum atomic E-state index is -3.83. The van der Waals surface area contributed by atoms with Crippen molar-refractivity contribution < 1.29 is 12.8 Å². The van der Waals surface area contributed by atoms with Gasteiger partial charge in [-0.1, -0.05) is 6.07 Å². The molecule has 0 fully saturated rings. The van der Waals surface area contributed by atoms with E-state index < -0.39 is 10.0 Å². The minimum absolute atomic E-state index is 0.00978. The number of nitrogens with two attached hydrogens (primary N) is 1. The smallest absolute Gasteiger partial charge is 0.241 e. The van der Waals surface area contributed by atoms with Gasteiger partial charge in [-0.2, -0.15) is 0 Å². The highest BCUT2D eigenvalue weighted by Crippen LogP contribution is 2.27. The first kappa shape index (κ1) is 14.0. The monoisotopic (exact) mass is 307 g/mol. The highest BCUT2D eigenvalue weighted by molar-refractivity contribution is 7.89.